The second-order valence-electron chi connectivity index (χ2n) is 4.70. The third-order valence-corrected chi connectivity index (χ3v) is 3.47. The molecule has 0 saturated carbocycles. The molecular formula is C13H10ClF3N4. The van der Waals surface area contributed by atoms with Crippen molar-refractivity contribution in [2.75, 3.05) is 11.4 Å². The maximum Gasteiger partial charge on any atom is 0.417 e. The van der Waals surface area contributed by atoms with Gasteiger partial charge >= 0.3 is 6.18 Å². The second-order valence-corrected chi connectivity index (χ2v) is 5.09. The summed E-state index contributed by atoms with van der Waals surface area (Å²) in [6, 6.07) is 1.15. The monoisotopic (exact) mass is 314 g/mol. The molecule has 0 fully saturated rings. The van der Waals surface area contributed by atoms with Crippen molar-refractivity contribution in [3.05, 3.63) is 46.6 Å². The van der Waals surface area contributed by atoms with Crippen molar-refractivity contribution in [2.24, 2.45) is 0 Å². The van der Waals surface area contributed by atoms with Gasteiger partial charge in [0.25, 0.3) is 0 Å². The third kappa shape index (κ3) is 2.92. The van der Waals surface area contributed by atoms with Crippen LogP contribution in [0.2, 0.25) is 5.15 Å². The summed E-state index contributed by atoms with van der Waals surface area (Å²) in [5, 5.41) is 0.250. The van der Waals surface area contributed by atoms with Gasteiger partial charge in [0.2, 0.25) is 0 Å². The Hall–Kier alpha value is -1.89. The molecule has 3 rings (SSSR count). The highest BCUT2D eigenvalue weighted by atomic mass is 35.5. The van der Waals surface area contributed by atoms with Crippen molar-refractivity contribution in [1.82, 2.24) is 15.0 Å². The molecule has 2 aromatic heterocycles. The Morgan fingerprint density at radius 1 is 1.19 bits per heavy atom. The second kappa shape index (κ2) is 5.14. The highest BCUT2D eigenvalue weighted by molar-refractivity contribution is 6.29. The van der Waals surface area contributed by atoms with E-state index in [1.807, 2.05) is 4.90 Å². The maximum absolute atomic E-state index is 12.7. The van der Waals surface area contributed by atoms with Crippen LogP contribution in [0, 0.1) is 0 Å². The molecule has 0 radical (unpaired) electrons. The molecule has 0 bridgehead atoms. The summed E-state index contributed by atoms with van der Waals surface area (Å²) in [7, 11) is 0. The zero-order valence-corrected chi connectivity index (χ0v) is 11.5. The van der Waals surface area contributed by atoms with E-state index in [4.69, 9.17) is 11.6 Å². The summed E-state index contributed by atoms with van der Waals surface area (Å²) in [6.45, 7) is 0.918. The van der Waals surface area contributed by atoms with E-state index in [-0.39, 0.29) is 5.15 Å². The molecular weight excluding hydrogens is 305 g/mol. The van der Waals surface area contributed by atoms with Gasteiger partial charge in [-0.2, -0.15) is 13.2 Å². The molecule has 0 unspecified atom stereocenters. The van der Waals surface area contributed by atoms with Crippen LogP contribution in [-0.2, 0) is 19.1 Å². The van der Waals surface area contributed by atoms with Crippen molar-refractivity contribution in [1.29, 1.82) is 0 Å². The minimum Gasteiger partial charge on any atom is -0.351 e. The van der Waals surface area contributed by atoms with E-state index in [1.165, 1.54) is 12.4 Å². The van der Waals surface area contributed by atoms with E-state index in [0.717, 1.165) is 12.3 Å². The van der Waals surface area contributed by atoms with Crippen LogP contribution in [0.3, 0.4) is 0 Å². The molecule has 1 aliphatic heterocycles. The first kappa shape index (κ1) is 14.1. The first-order valence-corrected chi connectivity index (χ1v) is 6.59. The Bertz CT molecular complexity index is 675. The van der Waals surface area contributed by atoms with Gasteiger partial charge in [0.05, 0.1) is 18.0 Å². The van der Waals surface area contributed by atoms with Crippen molar-refractivity contribution in [3.63, 3.8) is 0 Å². The SMILES string of the molecule is FC(F)(F)c1cnc2c(c1)CN(c1cncc(Cl)n1)CC2. The van der Waals surface area contributed by atoms with Crippen molar-refractivity contribution >= 4 is 17.4 Å². The van der Waals surface area contributed by atoms with Gasteiger partial charge in [-0.15, -0.1) is 0 Å². The van der Waals surface area contributed by atoms with Crippen LogP contribution >= 0.6 is 11.6 Å². The molecule has 4 nitrogen and oxygen atoms in total. The van der Waals surface area contributed by atoms with Gasteiger partial charge in [-0.25, -0.2) is 4.98 Å². The smallest absolute Gasteiger partial charge is 0.351 e. The number of rotatable bonds is 1. The van der Waals surface area contributed by atoms with Crippen LogP contribution < -0.4 is 4.90 Å². The average molecular weight is 315 g/mol. The lowest BCUT2D eigenvalue weighted by atomic mass is 10.0. The molecule has 0 aliphatic carbocycles. The predicted molar refractivity (Wildman–Crippen MR) is 71.0 cm³/mol. The summed E-state index contributed by atoms with van der Waals surface area (Å²) in [4.78, 5) is 13.8. The summed E-state index contributed by atoms with van der Waals surface area (Å²) < 4.78 is 38.2. The van der Waals surface area contributed by atoms with Gasteiger partial charge in [0.15, 0.2) is 0 Å². The number of fused-ring (bicyclic) bond motifs is 1. The van der Waals surface area contributed by atoms with Crippen LogP contribution in [0.5, 0.6) is 0 Å². The molecule has 0 spiro atoms. The quantitative estimate of drug-likeness (QED) is 0.811. The molecule has 1 aliphatic rings. The summed E-state index contributed by atoms with van der Waals surface area (Å²) in [5.74, 6) is 0.547. The molecule has 0 aromatic carbocycles. The number of halogens is 4. The molecule has 110 valence electrons. The molecule has 2 aromatic rings. The standard InChI is InChI=1S/C13H10ClF3N4/c14-11-5-18-6-12(20-11)21-2-1-10-8(7-21)3-9(4-19-10)13(15,16)17/h3-6H,1-2,7H2. The highest BCUT2D eigenvalue weighted by Gasteiger charge is 2.32. The minimum atomic E-state index is -4.39. The van der Waals surface area contributed by atoms with Gasteiger partial charge in [-0.05, 0) is 11.6 Å². The fraction of sp³-hybridized carbons (Fsp3) is 0.308. The number of aromatic nitrogens is 3. The summed E-state index contributed by atoms with van der Waals surface area (Å²) in [6.07, 6.45) is -0.000309. The molecule has 0 amide bonds. The first-order valence-electron chi connectivity index (χ1n) is 6.21. The number of anilines is 1. The van der Waals surface area contributed by atoms with E-state index < -0.39 is 11.7 Å². The predicted octanol–water partition coefficient (Wildman–Crippen LogP) is 3.11. The number of hydrogen-bond donors (Lipinski definition) is 0. The lowest BCUT2D eigenvalue weighted by molar-refractivity contribution is -0.137. The van der Waals surface area contributed by atoms with Crippen molar-refractivity contribution < 1.29 is 13.2 Å². The topological polar surface area (TPSA) is 41.9 Å². The molecule has 0 saturated heterocycles. The summed E-state index contributed by atoms with van der Waals surface area (Å²) >= 11 is 5.79. The lowest BCUT2D eigenvalue weighted by Gasteiger charge is -2.29. The van der Waals surface area contributed by atoms with E-state index >= 15 is 0 Å². The van der Waals surface area contributed by atoms with Crippen LogP contribution in [0.1, 0.15) is 16.8 Å². The number of alkyl halides is 3. The molecule has 0 atom stereocenters. The van der Waals surface area contributed by atoms with Gasteiger partial charge in [-0.1, -0.05) is 11.6 Å². The maximum atomic E-state index is 12.7. The fourth-order valence-electron chi connectivity index (χ4n) is 2.26. The Kier molecular flexibility index (Phi) is 3.44. The van der Waals surface area contributed by atoms with E-state index in [1.54, 1.807) is 0 Å². The van der Waals surface area contributed by atoms with Crippen LogP contribution in [0.15, 0.2) is 24.7 Å². The molecule has 3 heterocycles. The Labute approximate surface area is 123 Å². The minimum absolute atomic E-state index is 0.250. The number of nitrogens with zero attached hydrogens (tertiary/aromatic N) is 4. The number of hydrogen-bond acceptors (Lipinski definition) is 4. The fourth-order valence-corrected chi connectivity index (χ4v) is 2.40. The van der Waals surface area contributed by atoms with Crippen LogP contribution in [0.25, 0.3) is 0 Å². The van der Waals surface area contributed by atoms with Crippen molar-refractivity contribution in [2.45, 2.75) is 19.1 Å². The third-order valence-electron chi connectivity index (χ3n) is 3.28. The number of pyridine rings is 1. The first-order chi connectivity index (χ1) is 9.93. The Balaban J connectivity index is 1.90. The van der Waals surface area contributed by atoms with Gasteiger partial charge < -0.3 is 4.90 Å². The normalized spacial score (nSPS) is 15.0. The zero-order valence-electron chi connectivity index (χ0n) is 10.7. The summed E-state index contributed by atoms with van der Waals surface area (Å²) in [5.41, 5.74) is 0.507. The Morgan fingerprint density at radius 3 is 2.71 bits per heavy atom. The van der Waals surface area contributed by atoms with E-state index in [9.17, 15) is 13.2 Å². The average Bonchev–Trinajstić information content (AvgIpc) is 2.45. The van der Waals surface area contributed by atoms with E-state index in [2.05, 4.69) is 15.0 Å². The van der Waals surface area contributed by atoms with Crippen LogP contribution in [-0.4, -0.2) is 21.5 Å². The Morgan fingerprint density at radius 2 is 2.00 bits per heavy atom. The molecule has 8 heteroatoms. The van der Waals surface area contributed by atoms with Crippen LogP contribution in [0.4, 0.5) is 19.0 Å². The molecule has 21 heavy (non-hydrogen) atoms. The van der Waals surface area contributed by atoms with Gasteiger partial charge in [0.1, 0.15) is 11.0 Å². The van der Waals surface area contributed by atoms with Crippen molar-refractivity contribution in [3.8, 4) is 0 Å². The largest absolute Gasteiger partial charge is 0.417 e. The lowest BCUT2D eigenvalue weighted by Crippen LogP contribution is -2.32. The zero-order chi connectivity index (χ0) is 15.0. The van der Waals surface area contributed by atoms with Gasteiger partial charge in [-0.3, -0.25) is 9.97 Å². The van der Waals surface area contributed by atoms with Gasteiger partial charge in [0, 0.05) is 31.4 Å². The molecule has 0 N–H and O–H groups in total. The highest BCUT2D eigenvalue weighted by Crippen LogP contribution is 2.31. The van der Waals surface area contributed by atoms with E-state index in [0.29, 0.717) is 36.6 Å².